The lowest BCUT2D eigenvalue weighted by Crippen LogP contribution is -2.14. The molecule has 18 heavy (non-hydrogen) atoms. The number of rotatable bonds is 3. The Kier molecular flexibility index (Phi) is 4.60. The first-order valence-corrected chi connectivity index (χ1v) is 7.29. The highest BCUT2D eigenvalue weighted by atomic mass is 79.9. The third-order valence-corrected chi connectivity index (χ3v) is 4.39. The Bertz CT molecular complexity index is 415. The zero-order chi connectivity index (χ0) is 13.1. The van der Waals surface area contributed by atoms with Gasteiger partial charge in [0.1, 0.15) is 0 Å². The Balaban J connectivity index is 2.21. The van der Waals surface area contributed by atoms with E-state index in [-0.39, 0.29) is 11.7 Å². The molecule has 1 saturated carbocycles. The van der Waals surface area contributed by atoms with E-state index in [9.17, 15) is 8.78 Å². The highest BCUT2D eigenvalue weighted by Gasteiger charge is 2.25. The van der Waals surface area contributed by atoms with Crippen LogP contribution in [0.3, 0.4) is 0 Å². The first kappa shape index (κ1) is 13.8. The van der Waals surface area contributed by atoms with Crippen molar-refractivity contribution in [3.63, 3.8) is 0 Å². The molecular formula is C14H17BrF2O. The molecule has 0 heterocycles. The van der Waals surface area contributed by atoms with Crippen LogP contribution < -0.4 is 4.74 Å². The second kappa shape index (κ2) is 6.00. The van der Waals surface area contributed by atoms with Gasteiger partial charge in [0.25, 0.3) is 0 Å². The Morgan fingerprint density at radius 3 is 2.44 bits per heavy atom. The normalized spacial score (nSPS) is 24.0. The summed E-state index contributed by atoms with van der Waals surface area (Å²) in [5.74, 6) is -1.45. The molecule has 2 rings (SSSR count). The van der Waals surface area contributed by atoms with Crippen molar-refractivity contribution in [1.82, 2.24) is 0 Å². The van der Waals surface area contributed by atoms with Crippen molar-refractivity contribution < 1.29 is 13.5 Å². The summed E-state index contributed by atoms with van der Waals surface area (Å²) in [5.41, 5.74) is 0.496. The fraction of sp³-hybridized carbons (Fsp3) is 0.571. The van der Waals surface area contributed by atoms with Crippen LogP contribution in [0, 0.1) is 11.6 Å². The van der Waals surface area contributed by atoms with Crippen molar-refractivity contribution in [2.75, 3.05) is 6.61 Å². The molecule has 0 saturated heterocycles. The van der Waals surface area contributed by atoms with Gasteiger partial charge in [0.05, 0.1) is 6.61 Å². The van der Waals surface area contributed by atoms with Crippen LogP contribution in [-0.4, -0.2) is 11.4 Å². The molecule has 1 aromatic rings. The van der Waals surface area contributed by atoms with Crippen molar-refractivity contribution in [1.29, 1.82) is 0 Å². The molecule has 100 valence electrons. The lowest BCUT2D eigenvalue weighted by molar-refractivity contribution is 0.311. The second-order valence-electron chi connectivity index (χ2n) is 4.66. The van der Waals surface area contributed by atoms with Gasteiger partial charge in [-0.05, 0) is 50.2 Å². The lowest BCUT2D eigenvalue weighted by atomic mass is 9.83. The van der Waals surface area contributed by atoms with Crippen molar-refractivity contribution in [3.8, 4) is 5.75 Å². The fourth-order valence-electron chi connectivity index (χ4n) is 2.49. The van der Waals surface area contributed by atoms with Gasteiger partial charge < -0.3 is 4.74 Å². The van der Waals surface area contributed by atoms with E-state index >= 15 is 0 Å². The van der Waals surface area contributed by atoms with Gasteiger partial charge in [-0.2, -0.15) is 4.39 Å². The monoisotopic (exact) mass is 318 g/mol. The van der Waals surface area contributed by atoms with Gasteiger partial charge in [-0.1, -0.05) is 22.0 Å². The summed E-state index contributed by atoms with van der Waals surface area (Å²) in [4.78, 5) is 0.518. The average molecular weight is 319 g/mol. The van der Waals surface area contributed by atoms with Crippen LogP contribution in [0.4, 0.5) is 8.78 Å². The molecule has 0 N–H and O–H groups in total. The molecule has 4 heteroatoms. The van der Waals surface area contributed by atoms with E-state index < -0.39 is 11.6 Å². The van der Waals surface area contributed by atoms with E-state index in [0.717, 1.165) is 25.7 Å². The molecule has 1 aliphatic carbocycles. The van der Waals surface area contributed by atoms with E-state index in [0.29, 0.717) is 17.0 Å². The molecule has 0 amide bonds. The van der Waals surface area contributed by atoms with Crippen LogP contribution in [0.5, 0.6) is 5.75 Å². The van der Waals surface area contributed by atoms with Gasteiger partial charge in [-0.25, -0.2) is 4.39 Å². The summed E-state index contributed by atoms with van der Waals surface area (Å²) < 4.78 is 32.8. The third-order valence-electron chi connectivity index (χ3n) is 3.47. The summed E-state index contributed by atoms with van der Waals surface area (Å²) in [6.45, 7) is 2.09. The van der Waals surface area contributed by atoms with Gasteiger partial charge in [0, 0.05) is 4.83 Å². The predicted molar refractivity (Wildman–Crippen MR) is 71.5 cm³/mol. The standard InChI is InChI=1S/C14H17BrF2O/c1-2-18-12-8-7-11(13(16)14(12)17)9-3-5-10(15)6-4-9/h7-10H,2-6H2,1H3. The quantitative estimate of drug-likeness (QED) is 0.728. The summed E-state index contributed by atoms with van der Waals surface area (Å²) in [6.07, 6.45) is 3.83. The number of halogens is 3. The van der Waals surface area contributed by atoms with Crippen molar-refractivity contribution in [2.45, 2.75) is 43.4 Å². The molecule has 1 aromatic carbocycles. The van der Waals surface area contributed by atoms with Gasteiger partial charge in [-0.15, -0.1) is 0 Å². The Labute approximate surface area is 115 Å². The summed E-state index contributed by atoms with van der Waals surface area (Å²) in [5, 5.41) is 0. The molecule has 0 unspecified atom stereocenters. The fourth-order valence-corrected chi connectivity index (χ4v) is 3.02. The number of alkyl halides is 1. The smallest absolute Gasteiger partial charge is 0.200 e. The lowest BCUT2D eigenvalue weighted by Gasteiger charge is -2.26. The molecule has 0 aromatic heterocycles. The van der Waals surface area contributed by atoms with Gasteiger partial charge in [0.15, 0.2) is 11.6 Å². The van der Waals surface area contributed by atoms with Crippen LogP contribution in [0.1, 0.15) is 44.1 Å². The summed E-state index contributed by atoms with van der Waals surface area (Å²) >= 11 is 3.57. The predicted octanol–water partition coefficient (Wildman–Crippen LogP) is 4.78. The highest BCUT2D eigenvalue weighted by Crippen LogP contribution is 2.38. The minimum Gasteiger partial charge on any atom is -0.491 e. The minimum absolute atomic E-state index is 0.00734. The van der Waals surface area contributed by atoms with Crippen LogP contribution in [0.15, 0.2) is 12.1 Å². The molecule has 1 aliphatic rings. The molecule has 1 nitrogen and oxygen atoms in total. The maximum atomic E-state index is 14.0. The van der Waals surface area contributed by atoms with Crippen LogP contribution >= 0.6 is 15.9 Å². The molecule has 0 spiro atoms. The van der Waals surface area contributed by atoms with Gasteiger partial charge >= 0.3 is 0 Å². The topological polar surface area (TPSA) is 9.23 Å². The molecular weight excluding hydrogens is 302 g/mol. The van der Waals surface area contributed by atoms with E-state index in [1.165, 1.54) is 6.07 Å². The average Bonchev–Trinajstić information content (AvgIpc) is 2.37. The molecule has 0 atom stereocenters. The summed E-state index contributed by atoms with van der Waals surface area (Å²) in [7, 11) is 0. The van der Waals surface area contributed by atoms with E-state index in [1.807, 2.05) is 0 Å². The molecule has 0 bridgehead atoms. The number of benzene rings is 1. The zero-order valence-electron chi connectivity index (χ0n) is 10.4. The van der Waals surface area contributed by atoms with E-state index in [2.05, 4.69) is 15.9 Å². The van der Waals surface area contributed by atoms with Crippen molar-refractivity contribution in [3.05, 3.63) is 29.3 Å². The number of ether oxygens (including phenoxy) is 1. The molecule has 0 radical (unpaired) electrons. The van der Waals surface area contributed by atoms with Gasteiger partial charge in [0.2, 0.25) is 5.82 Å². The minimum atomic E-state index is -0.852. The largest absolute Gasteiger partial charge is 0.491 e. The van der Waals surface area contributed by atoms with Crippen LogP contribution in [0.25, 0.3) is 0 Å². The number of hydrogen-bond donors (Lipinski definition) is 0. The molecule has 1 fully saturated rings. The van der Waals surface area contributed by atoms with E-state index in [4.69, 9.17) is 4.74 Å². The SMILES string of the molecule is CCOc1ccc(C2CCC(Br)CC2)c(F)c1F. The Hall–Kier alpha value is -0.640. The maximum Gasteiger partial charge on any atom is 0.200 e. The first-order valence-electron chi connectivity index (χ1n) is 6.38. The first-order chi connectivity index (χ1) is 8.63. The van der Waals surface area contributed by atoms with Crippen molar-refractivity contribution >= 4 is 15.9 Å². The van der Waals surface area contributed by atoms with Crippen LogP contribution in [-0.2, 0) is 0 Å². The van der Waals surface area contributed by atoms with Gasteiger partial charge in [-0.3, -0.25) is 0 Å². The third kappa shape index (κ3) is 2.85. The Morgan fingerprint density at radius 2 is 1.83 bits per heavy atom. The zero-order valence-corrected chi connectivity index (χ0v) is 12.0. The second-order valence-corrected chi connectivity index (χ2v) is 5.96. The van der Waals surface area contributed by atoms with Crippen molar-refractivity contribution in [2.24, 2.45) is 0 Å². The molecule has 0 aliphatic heterocycles. The maximum absolute atomic E-state index is 14.0. The number of hydrogen-bond acceptors (Lipinski definition) is 1. The highest BCUT2D eigenvalue weighted by molar-refractivity contribution is 9.09. The van der Waals surface area contributed by atoms with E-state index in [1.54, 1.807) is 13.0 Å². The van der Waals surface area contributed by atoms with Crippen LogP contribution in [0.2, 0.25) is 0 Å². The Morgan fingerprint density at radius 1 is 1.17 bits per heavy atom. The summed E-state index contributed by atoms with van der Waals surface area (Å²) in [6, 6.07) is 3.21.